The maximum Gasteiger partial charge on any atom is 0.231 e. The zero-order valence-corrected chi connectivity index (χ0v) is 16.3. The summed E-state index contributed by atoms with van der Waals surface area (Å²) in [6.07, 6.45) is 8.32. The van der Waals surface area contributed by atoms with E-state index in [1.54, 1.807) is 0 Å². The van der Waals surface area contributed by atoms with Gasteiger partial charge in [-0.05, 0) is 52.4 Å². The van der Waals surface area contributed by atoms with Crippen molar-refractivity contribution in [3.63, 3.8) is 0 Å². The normalized spacial score (nSPS) is 20.7. The molecule has 1 N–H and O–H groups in total. The molecule has 0 radical (unpaired) electrons. The predicted molar refractivity (Wildman–Crippen MR) is 99.4 cm³/mol. The third kappa shape index (κ3) is 4.03. The van der Waals surface area contributed by atoms with Crippen LogP contribution in [0.1, 0.15) is 69.3 Å². The number of aryl methyl sites for hydroxylation is 1. The van der Waals surface area contributed by atoms with E-state index in [1.807, 2.05) is 13.8 Å². The Balaban J connectivity index is 1.65. The number of nitrogens with zero attached hydrogens (tertiary/aromatic N) is 3. The van der Waals surface area contributed by atoms with Crippen LogP contribution in [0.4, 0.5) is 0 Å². The molecule has 0 bridgehead atoms. The Morgan fingerprint density at radius 1 is 1.32 bits per heavy atom. The van der Waals surface area contributed by atoms with Gasteiger partial charge in [0, 0.05) is 11.7 Å². The molecule has 3 rings (SSSR count). The molecule has 136 valence electrons. The summed E-state index contributed by atoms with van der Waals surface area (Å²) in [6.45, 7) is 6.00. The molecule has 6 heteroatoms. The maximum atomic E-state index is 12.4. The molecule has 2 fully saturated rings. The third-order valence-corrected chi connectivity index (χ3v) is 6.60. The van der Waals surface area contributed by atoms with E-state index in [2.05, 4.69) is 22.9 Å². The lowest BCUT2D eigenvalue weighted by Gasteiger charge is -2.26. The van der Waals surface area contributed by atoms with Crippen LogP contribution < -0.4 is 5.32 Å². The van der Waals surface area contributed by atoms with E-state index in [0.717, 1.165) is 23.7 Å². The molecule has 0 aromatic carbocycles. The number of carbonyl (C=O) groups is 1. The molecule has 0 unspecified atom stereocenters. The van der Waals surface area contributed by atoms with Gasteiger partial charge in [-0.2, -0.15) is 5.26 Å². The van der Waals surface area contributed by atoms with Crippen molar-refractivity contribution in [1.82, 2.24) is 14.9 Å². The second-order valence-corrected chi connectivity index (χ2v) is 8.59. The first-order chi connectivity index (χ1) is 11.9. The highest BCUT2D eigenvalue weighted by Gasteiger charge is 2.43. The van der Waals surface area contributed by atoms with Crippen LogP contribution in [0.5, 0.6) is 0 Å². The number of nitrogens with one attached hydrogen (secondary N) is 1. The number of rotatable bonds is 6. The summed E-state index contributed by atoms with van der Waals surface area (Å²) in [7, 11) is 0. The van der Waals surface area contributed by atoms with Crippen LogP contribution in [0.3, 0.4) is 0 Å². The first-order valence-corrected chi connectivity index (χ1v) is 10.3. The Bertz CT molecular complexity index is 682. The lowest BCUT2D eigenvalue weighted by atomic mass is 9.95. The van der Waals surface area contributed by atoms with Crippen molar-refractivity contribution in [3.05, 3.63) is 11.4 Å². The standard InChI is InChI=1S/C19H28N4OS/c1-13-14(2)23(16-7-5-4-6-8-16)18(21-13)25-11-17(24)22-19(3,12-20)15-9-10-15/h15-16H,4-11H2,1-3H3,(H,22,24)/t19-/m1/s1. The number of aromatic nitrogens is 2. The second kappa shape index (κ2) is 7.41. The van der Waals surface area contributed by atoms with Crippen molar-refractivity contribution in [2.24, 2.45) is 5.92 Å². The number of amides is 1. The molecule has 1 atom stereocenters. The van der Waals surface area contributed by atoms with Gasteiger partial charge < -0.3 is 9.88 Å². The number of carbonyl (C=O) groups excluding carboxylic acids is 1. The molecule has 1 aromatic rings. The molecule has 0 aliphatic heterocycles. The van der Waals surface area contributed by atoms with E-state index in [1.165, 1.54) is 49.6 Å². The van der Waals surface area contributed by atoms with E-state index >= 15 is 0 Å². The minimum absolute atomic E-state index is 0.0746. The smallest absolute Gasteiger partial charge is 0.231 e. The summed E-state index contributed by atoms with van der Waals surface area (Å²) in [6, 6.07) is 2.79. The van der Waals surface area contributed by atoms with Crippen molar-refractivity contribution < 1.29 is 4.79 Å². The number of imidazole rings is 1. The highest BCUT2D eigenvalue weighted by molar-refractivity contribution is 7.99. The first kappa shape index (κ1) is 18.3. The number of hydrogen-bond donors (Lipinski definition) is 1. The van der Waals surface area contributed by atoms with Crippen molar-refractivity contribution in [2.75, 3.05) is 5.75 Å². The van der Waals surface area contributed by atoms with Gasteiger partial charge in [0.25, 0.3) is 0 Å². The Hall–Kier alpha value is -1.48. The van der Waals surface area contributed by atoms with Crippen LogP contribution in [-0.2, 0) is 4.79 Å². The molecular formula is C19H28N4OS. The summed E-state index contributed by atoms with van der Waals surface area (Å²) >= 11 is 1.50. The number of hydrogen-bond acceptors (Lipinski definition) is 4. The quantitative estimate of drug-likeness (QED) is 0.781. The molecule has 2 aliphatic rings. The van der Waals surface area contributed by atoms with Gasteiger partial charge in [0.2, 0.25) is 5.91 Å². The van der Waals surface area contributed by atoms with Crippen LogP contribution in [0.15, 0.2) is 5.16 Å². The fourth-order valence-corrected chi connectivity index (χ4v) is 4.76. The van der Waals surface area contributed by atoms with Crippen LogP contribution >= 0.6 is 11.8 Å². The molecule has 5 nitrogen and oxygen atoms in total. The summed E-state index contributed by atoms with van der Waals surface area (Å²) in [5.41, 5.74) is 1.55. The van der Waals surface area contributed by atoms with Gasteiger partial charge in [0.1, 0.15) is 5.54 Å². The Labute approximate surface area is 154 Å². The molecule has 25 heavy (non-hydrogen) atoms. The lowest BCUT2D eigenvalue weighted by molar-refractivity contribution is -0.119. The van der Waals surface area contributed by atoms with Gasteiger partial charge in [-0.15, -0.1) is 0 Å². The highest BCUT2D eigenvalue weighted by atomic mass is 32.2. The van der Waals surface area contributed by atoms with E-state index in [4.69, 9.17) is 4.98 Å². The topological polar surface area (TPSA) is 70.7 Å². The lowest BCUT2D eigenvalue weighted by Crippen LogP contribution is -2.47. The molecule has 2 saturated carbocycles. The molecular weight excluding hydrogens is 332 g/mol. The fourth-order valence-electron chi connectivity index (χ4n) is 3.80. The zero-order chi connectivity index (χ0) is 18.0. The largest absolute Gasteiger partial charge is 0.337 e. The van der Waals surface area contributed by atoms with E-state index in [0.29, 0.717) is 17.7 Å². The van der Waals surface area contributed by atoms with Crippen LogP contribution in [0.2, 0.25) is 0 Å². The Kier molecular flexibility index (Phi) is 5.43. The monoisotopic (exact) mass is 360 g/mol. The van der Waals surface area contributed by atoms with Gasteiger partial charge in [-0.3, -0.25) is 4.79 Å². The van der Waals surface area contributed by atoms with Gasteiger partial charge in [-0.1, -0.05) is 31.0 Å². The first-order valence-electron chi connectivity index (χ1n) is 9.35. The molecule has 1 heterocycles. The van der Waals surface area contributed by atoms with E-state index in [-0.39, 0.29) is 5.91 Å². The second-order valence-electron chi connectivity index (χ2n) is 7.65. The predicted octanol–water partition coefficient (Wildman–Crippen LogP) is 3.91. The SMILES string of the molecule is Cc1nc(SCC(=O)N[C@](C)(C#N)C2CC2)n(C2CCCCC2)c1C. The summed E-state index contributed by atoms with van der Waals surface area (Å²) < 4.78 is 2.34. The zero-order valence-electron chi connectivity index (χ0n) is 15.5. The number of nitriles is 1. The fraction of sp³-hybridized carbons (Fsp3) is 0.737. The van der Waals surface area contributed by atoms with E-state index < -0.39 is 5.54 Å². The highest BCUT2D eigenvalue weighted by Crippen LogP contribution is 2.39. The van der Waals surface area contributed by atoms with Crippen LogP contribution in [-0.4, -0.2) is 26.8 Å². The third-order valence-electron chi connectivity index (χ3n) is 5.65. The minimum Gasteiger partial charge on any atom is -0.337 e. The Morgan fingerprint density at radius 3 is 2.60 bits per heavy atom. The van der Waals surface area contributed by atoms with Crippen molar-refractivity contribution in [3.8, 4) is 6.07 Å². The summed E-state index contributed by atoms with van der Waals surface area (Å²) in [5, 5.41) is 13.3. The molecule has 0 saturated heterocycles. The van der Waals surface area contributed by atoms with Crippen LogP contribution in [0, 0.1) is 31.1 Å². The number of thioether (sulfide) groups is 1. The molecule has 1 aromatic heterocycles. The molecule has 1 amide bonds. The van der Waals surface area contributed by atoms with Crippen molar-refractivity contribution >= 4 is 17.7 Å². The average molecular weight is 361 g/mol. The molecule has 0 spiro atoms. The van der Waals surface area contributed by atoms with Gasteiger partial charge in [-0.25, -0.2) is 4.98 Å². The maximum absolute atomic E-state index is 12.4. The van der Waals surface area contributed by atoms with E-state index in [9.17, 15) is 10.1 Å². The van der Waals surface area contributed by atoms with Crippen LogP contribution in [0.25, 0.3) is 0 Å². The Morgan fingerprint density at radius 2 is 2.00 bits per heavy atom. The van der Waals surface area contributed by atoms with Crippen molar-refractivity contribution in [2.45, 2.75) is 82.5 Å². The summed E-state index contributed by atoms with van der Waals surface area (Å²) in [5.74, 6) is 0.543. The summed E-state index contributed by atoms with van der Waals surface area (Å²) in [4.78, 5) is 17.1. The minimum atomic E-state index is -0.720. The molecule has 2 aliphatic carbocycles. The van der Waals surface area contributed by atoms with Gasteiger partial charge >= 0.3 is 0 Å². The van der Waals surface area contributed by atoms with Crippen molar-refractivity contribution in [1.29, 1.82) is 5.26 Å². The average Bonchev–Trinajstić information content (AvgIpc) is 3.42. The van der Waals surface area contributed by atoms with Gasteiger partial charge in [0.15, 0.2) is 5.16 Å². The van der Waals surface area contributed by atoms with Gasteiger partial charge in [0.05, 0.1) is 17.5 Å².